The minimum absolute atomic E-state index is 0. The number of hydrogen-bond acceptors (Lipinski definition) is 3. The summed E-state index contributed by atoms with van der Waals surface area (Å²) in [5, 5.41) is 4.32. The molecule has 32 heavy (non-hydrogen) atoms. The number of benzene rings is 2. The van der Waals surface area contributed by atoms with Crippen molar-refractivity contribution in [3.8, 4) is 5.75 Å². The molecular weight excluding hydrogens is 531 g/mol. The first-order chi connectivity index (χ1) is 14.6. The molecule has 0 saturated heterocycles. The van der Waals surface area contributed by atoms with Gasteiger partial charge in [-0.3, -0.25) is 0 Å². The van der Waals surface area contributed by atoms with Crippen LogP contribution in [0.1, 0.15) is 57.1 Å². The molecule has 2 rings (SSSR count). The topological polar surface area (TPSA) is 24.5 Å². The molecule has 0 aliphatic carbocycles. The summed E-state index contributed by atoms with van der Waals surface area (Å²) >= 11 is 9.57. The second-order valence-corrected chi connectivity index (χ2v) is 9.05. The predicted octanol–water partition coefficient (Wildman–Crippen LogP) is 7.91. The van der Waals surface area contributed by atoms with E-state index in [1.54, 1.807) is 0 Å². The molecular formula is C25H38BrCl3N2O. The zero-order valence-electron chi connectivity index (χ0n) is 19.2. The van der Waals surface area contributed by atoms with Gasteiger partial charge in [-0.05, 0) is 96.8 Å². The van der Waals surface area contributed by atoms with Gasteiger partial charge >= 0.3 is 0 Å². The first-order valence-corrected chi connectivity index (χ1v) is 12.4. The van der Waals surface area contributed by atoms with E-state index in [1.807, 2.05) is 30.3 Å². The van der Waals surface area contributed by atoms with E-state index < -0.39 is 0 Å². The quantitative estimate of drug-likeness (QED) is 0.221. The standard InChI is InChI=1S/C25H36BrClN2O.2ClH/c1-3-5-15-29(16-6-4-2)17-7-14-28-19-22-10-13-25(24(26)18-22)30-20-21-8-11-23(27)12-9-21;;/h8-13,18,28H,3-7,14-17,19-20H2,1-2H3;2*1H. The van der Waals surface area contributed by atoms with E-state index >= 15 is 0 Å². The van der Waals surface area contributed by atoms with E-state index in [4.69, 9.17) is 16.3 Å². The summed E-state index contributed by atoms with van der Waals surface area (Å²) in [6.45, 7) is 10.6. The maximum absolute atomic E-state index is 5.94. The molecule has 2 aromatic rings. The molecule has 7 heteroatoms. The highest BCUT2D eigenvalue weighted by Crippen LogP contribution is 2.27. The van der Waals surface area contributed by atoms with Crippen molar-refractivity contribution >= 4 is 52.3 Å². The minimum atomic E-state index is 0. The van der Waals surface area contributed by atoms with Gasteiger partial charge in [-0.2, -0.15) is 0 Å². The van der Waals surface area contributed by atoms with Gasteiger partial charge in [0.1, 0.15) is 12.4 Å². The zero-order valence-corrected chi connectivity index (χ0v) is 23.2. The Kier molecular flexibility index (Phi) is 18.6. The lowest BCUT2D eigenvalue weighted by Crippen LogP contribution is -2.29. The van der Waals surface area contributed by atoms with E-state index in [9.17, 15) is 0 Å². The summed E-state index contributed by atoms with van der Waals surface area (Å²) in [6.07, 6.45) is 6.34. The van der Waals surface area contributed by atoms with Crippen molar-refractivity contribution in [2.75, 3.05) is 26.2 Å². The monoisotopic (exact) mass is 566 g/mol. The van der Waals surface area contributed by atoms with Gasteiger partial charge in [0, 0.05) is 11.6 Å². The van der Waals surface area contributed by atoms with Crippen LogP contribution in [0.5, 0.6) is 5.75 Å². The Hall–Kier alpha value is -0.490. The second kappa shape index (κ2) is 18.9. The van der Waals surface area contributed by atoms with Crippen LogP contribution in [0.2, 0.25) is 5.02 Å². The number of halogens is 4. The normalized spacial score (nSPS) is 10.5. The van der Waals surface area contributed by atoms with Gasteiger partial charge < -0.3 is 15.0 Å². The summed E-state index contributed by atoms with van der Waals surface area (Å²) < 4.78 is 6.92. The molecule has 0 fully saturated rings. The highest BCUT2D eigenvalue weighted by Gasteiger charge is 2.05. The Bertz CT molecular complexity index is 724. The Labute approximate surface area is 220 Å². The molecule has 1 N–H and O–H groups in total. The average Bonchev–Trinajstić information content (AvgIpc) is 2.75. The number of nitrogens with one attached hydrogen (secondary N) is 1. The molecule has 0 saturated carbocycles. The van der Waals surface area contributed by atoms with Crippen LogP contribution in [0.15, 0.2) is 46.9 Å². The highest BCUT2D eigenvalue weighted by molar-refractivity contribution is 9.10. The molecule has 3 nitrogen and oxygen atoms in total. The number of nitrogens with zero attached hydrogens (tertiary/aromatic N) is 1. The van der Waals surface area contributed by atoms with Crippen molar-refractivity contribution in [3.63, 3.8) is 0 Å². The van der Waals surface area contributed by atoms with Crippen LogP contribution in [0, 0.1) is 0 Å². The lowest BCUT2D eigenvalue weighted by molar-refractivity contribution is 0.261. The first kappa shape index (κ1) is 31.5. The van der Waals surface area contributed by atoms with Crippen LogP contribution in [-0.4, -0.2) is 31.1 Å². The van der Waals surface area contributed by atoms with E-state index in [0.717, 1.165) is 33.9 Å². The van der Waals surface area contributed by atoms with Crippen LogP contribution >= 0.6 is 52.3 Å². The highest BCUT2D eigenvalue weighted by atomic mass is 79.9. The zero-order chi connectivity index (χ0) is 21.6. The Morgan fingerprint density at radius 3 is 2.06 bits per heavy atom. The van der Waals surface area contributed by atoms with Gasteiger partial charge in [0.25, 0.3) is 0 Å². The number of hydrogen-bond donors (Lipinski definition) is 1. The van der Waals surface area contributed by atoms with E-state index in [1.165, 1.54) is 57.3 Å². The van der Waals surface area contributed by atoms with Crippen molar-refractivity contribution in [2.24, 2.45) is 0 Å². The van der Waals surface area contributed by atoms with E-state index in [2.05, 4.69) is 52.1 Å². The fourth-order valence-electron chi connectivity index (χ4n) is 3.27. The summed E-state index contributed by atoms with van der Waals surface area (Å²) in [7, 11) is 0. The Balaban J connectivity index is 0.00000480. The number of unbranched alkanes of at least 4 members (excludes halogenated alkanes) is 2. The van der Waals surface area contributed by atoms with Crippen LogP contribution < -0.4 is 10.1 Å². The van der Waals surface area contributed by atoms with E-state index in [-0.39, 0.29) is 24.8 Å². The summed E-state index contributed by atoms with van der Waals surface area (Å²) in [5.74, 6) is 0.858. The largest absolute Gasteiger partial charge is 0.488 e. The van der Waals surface area contributed by atoms with Gasteiger partial charge in [-0.15, -0.1) is 24.8 Å². The molecule has 0 amide bonds. The minimum Gasteiger partial charge on any atom is -0.488 e. The summed E-state index contributed by atoms with van der Waals surface area (Å²) in [5.41, 5.74) is 2.36. The third-order valence-corrected chi connectivity index (χ3v) is 5.99. The SMILES string of the molecule is CCCCN(CCCC)CCCNCc1ccc(OCc2ccc(Cl)cc2)c(Br)c1.Cl.Cl. The average molecular weight is 569 g/mol. The maximum atomic E-state index is 5.94. The predicted molar refractivity (Wildman–Crippen MR) is 147 cm³/mol. The van der Waals surface area contributed by atoms with Gasteiger partial charge in [0.05, 0.1) is 4.47 Å². The number of rotatable bonds is 15. The van der Waals surface area contributed by atoms with Crippen LogP contribution in [0.4, 0.5) is 0 Å². The lowest BCUT2D eigenvalue weighted by atomic mass is 10.2. The van der Waals surface area contributed by atoms with Crippen molar-refractivity contribution in [1.82, 2.24) is 10.2 Å². The third-order valence-electron chi connectivity index (χ3n) is 5.12. The second-order valence-electron chi connectivity index (χ2n) is 7.76. The van der Waals surface area contributed by atoms with Crippen molar-refractivity contribution in [1.29, 1.82) is 0 Å². The van der Waals surface area contributed by atoms with Crippen LogP contribution in [0.3, 0.4) is 0 Å². The first-order valence-electron chi connectivity index (χ1n) is 11.2. The maximum Gasteiger partial charge on any atom is 0.134 e. The molecule has 0 unspecified atom stereocenters. The smallest absolute Gasteiger partial charge is 0.134 e. The molecule has 2 aromatic carbocycles. The summed E-state index contributed by atoms with van der Waals surface area (Å²) in [6, 6.07) is 14.0. The fraction of sp³-hybridized carbons (Fsp3) is 0.520. The lowest BCUT2D eigenvalue weighted by Gasteiger charge is -2.22. The van der Waals surface area contributed by atoms with Gasteiger partial charge in [0.2, 0.25) is 0 Å². The molecule has 182 valence electrons. The van der Waals surface area contributed by atoms with Crippen molar-refractivity contribution < 1.29 is 4.74 Å². The summed E-state index contributed by atoms with van der Waals surface area (Å²) in [4.78, 5) is 2.62. The molecule has 0 atom stereocenters. The Morgan fingerprint density at radius 2 is 1.47 bits per heavy atom. The van der Waals surface area contributed by atoms with Gasteiger partial charge in [-0.1, -0.05) is 56.5 Å². The molecule has 0 heterocycles. The molecule has 0 aromatic heterocycles. The molecule has 0 bridgehead atoms. The number of ether oxygens (including phenoxy) is 1. The van der Waals surface area contributed by atoms with Crippen LogP contribution in [-0.2, 0) is 13.2 Å². The van der Waals surface area contributed by atoms with Crippen LogP contribution in [0.25, 0.3) is 0 Å². The molecule has 0 radical (unpaired) electrons. The van der Waals surface area contributed by atoms with Gasteiger partial charge in [0.15, 0.2) is 0 Å². The van der Waals surface area contributed by atoms with E-state index in [0.29, 0.717) is 6.61 Å². The molecule has 0 aliphatic heterocycles. The molecule has 0 aliphatic rings. The fourth-order valence-corrected chi connectivity index (χ4v) is 3.94. The molecule has 0 spiro atoms. The van der Waals surface area contributed by atoms with Crippen molar-refractivity contribution in [2.45, 2.75) is 59.1 Å². The Morgan fingerprint density at radius 1 is 0.875 bits per heavy atom. The third kappa shape index (κ3) is 12.7. The van der Waals surface area contributed by atoms with Gasteiger partial charge in [-0.25, -0.2) is 0 Å². The van der Waals surface area contributed by atoms with Crippen molar-refractivity contribution in [3.05, 3.63) is 63.1 Å².